The second-order valence-electron chi connectivity index (χ2n) is 5.90. The molecule has 0 aliphatic carbocycles. The molecule has 1 aromatic heterocycles. The summed E-state index contributed by atoms with van der Waals surface area (Å²) < 4.78 is 10.4. The van der Waals surface area contributed by atoms with Crippen molar-refractivity contribution in [2.75, 3.05) is 13.2 Å². The van der Waals surface area contributed by atoms with E-state index in [2.05, 4.69) is 4.98 Å². The zero-order valence-corrected chi connectivity index (χ0v) is 17.6. The quantitative estimate of drug-likeness (QED) is 0.578. The Hall–Kier alpha value is -3.38. The van der Waals surface area contributed by atoms with E-state index >= 15 is 0 Å². The summed E-state index contributed by atoms with van der Waals surface area (Å²) in [5, 5.41) is 18.1. The third-order valence-electron chi connectivity index (χ3n) is 3.75. The summed E-state index contributed by atoms with van der Waals surface area (Å²) in [6, 6.07) is 19.6. The maximum Gasteiger partial charge on any atom is 0.154 e. The number of carbonyl (C=O) groups excluding carboxylic acids is 1. The molecular weight excluding hydrogens is 382 g/mol. The second-order valence-corrected chi connectivity index (χ2v) is 5.90. The van der Waals surface area contributed by atoms with Gasteiger partial charge in [0.05, 0.1) is 31.1 Å². The molecule has 6 heteroatoms. The molecule has 3 aromatic rings. The third kappa shape index (κ3) is 8.75. The number of carbonyl (C=O) groups is 1. The van der Waals surface area contributed by atoms with Gasteiger partial charge in [-0.3, -0.25) is 9.78 Å². The van der Waals surface area contributed by atoms with Gasteiger partial charge in [-0.2, -0.15) is 0 Å². The Balaban J connectivity index is 0.000000229. The van der Waals surface area contributed by atoms with Crippen LogP contribution in [0, 0.1) is 6.92 Å². The molecule has 160 valence electrons. The van der Waals surface area contributed by atoms with Crippen molar-refractivity contribution >= 4 is 6.29 Å². The van der Waals surface area contributed by atoms with Crippen LogP contribution in [-0.4, -0.2) is 34.7 Å². The van der Waals surface area contributed by atoms with E-state index in [0.29, 0.717) is 17.5 Å². The summed E-state index contributed by atoms with van der Waals surface area (Å²) in [5.41, 5.74) is 0.840. The summed E-state index contributed by atoms with van der Waals surface area (Å²) in [5.74, 6) is 1.73. The summed E-state index contributed by atoms with van der Waals surface area (Å²) in [7, 11) is 0. The van der Waals surface area contributed by atoms with Gasteiger partial charge in [0, 0.05) is 11.8 Å². The van der Waals surface area contributed by atoms with E-state index in [0.717, 1.165) is 24.7 Å². The summed E-state index contributed by atoms with van der Waals surface area (Å²) in [6.07, 6.45) is 1.88. The molecule has 6 nitrogen and oxygen atoms in total. The second kappa shape index (κ2) is 14.6. The molecule has 0 bridgehead atoms. The van der Waals surface area contributed by atoms with Gasteiger partial charge in [-0.15, -0.1) is 0 Å². The van der Waals surface area contributed by atoms with E-state index in [1.165, 1.54) is 6.20 Å². The van der Waals surface area contributed by atoms with Gasteiger partial charge in [-0.05, 0) is 45.0 Å². The first-order valence-electron chi connectivity index (χ1n) is 9.66. The predicted octanol–water partition coefficient (Wildman–Crippen LogP) is 4.57. The van der Waals surface area contributed by atoms with Crippen LogP contribution in [0.5, 0.6) is 17.2 Å². The van der Waals surface area contributed by atoms with Crippen molar-refractivity contribution in [3.63, 3.8) is 0 Å². The summed E-state index contributed by atoms with van der Waals surface area (Å²) in [6.45, 7) is 6.73. The smallest absolute Gasteiger partial charge is 0.154 e. The lowest BCUT2D eigenvalue weighted by Gasteiger charge is -2.04. The lowest BCUT2D eigenvalue weighted by molar-refractivity contribution is 0.111. The standard InChI is InChI=1S/C8H9NO3.2C8H10O/c1-5-8(12)7(4-11)6(3-10)2-9-5;2*1-2-9-8-6-4-3-5-7-8/h2,4,10,12H,3H2,1H3;2*3-7H,2H2,1H3. The zero-order valence-electron chi connectivity index (χ0n) is 17.6. The first-order valence-corrected chi connectivity index (χ1v) is 9.66. The Morgan fingerprint density at radius 1 is 0.900 bits per heavy atom. The number of aliphatic hydroxyl groups excluding tert-OH is 1. The van der Waals surface area contributed by atoms with Crippen molar-refractivity contribution in [3.8, 4) is 17.2 Å². The molecule has 0 saturated carbocycles. The number of hydrogen-bond donors (Lipinski definition) is 2. The van der Waals surface area contributed by atoms with Gasteiger partial charge in [-0.25, -0.2) is 0 Å². The highest BCUT2D eigenvalue weighted by Gasteiger charge is 2.09. The minimum absolute atomic E-state index is 0.116. The SMILES string of the molecule is CCOc1ccccc1.CCOc1ccccc1.Cc1ncc(CO)c(C=O)c1O. The fourth-order valence-corrected chi connectivity index (χ4v) is 2.28. The molecule has 0 fully saturated rings. The van der Waals surface area contributed by atoms with E-state index < -0.39 is 0 Å². The number of aromatic hydroxyl groups is 1. The topological polar surface area (TPSA) is 88.9 Å². The Morgan fingerprint density at radius 2 is 1.37 bits per heavy atom. The number of pyridine rings is 1. The number of ether oxygens (including phenoxy) is 2. The number of benzene rings is 2. The minimum atomic E-state index is -0.297. The van der Waals surface area contributed by atoms with Crippen LogP contribution in [-0.2, 0) is 6.61 Å². The van der Waals surface area contributed by atoms with Crippen LogP contribution in [0.1, 0.15) is 35.5 Å². The normalized spacial score (nSPS) is 9.33. The lowest BCUT2D eigenvalue weighted by Crippen LogP contribution is -1.96. The lowest BCUT2D eigenvalue weighted by atomic mass is 10.1. The Labute approximate surface area is 177 Å². The Morgan fingerprint density at radius 3 is 1.73 bits per heavy atom. The molecule has 0 spiro atoms. The number of rotatable bonds is 6. The number of aryl methyl sites for hydroxylation is 1. The highest BCUT2D eigenvalue weighted by Crippen LogP contribution is 2.21. The number of aromatic nitrogens is 1. The van der Waals surface area contributed by atoms with E-state index in [1.54, 1.807) is 6.92 Å². The van der Waals surface area contributed by atoms with Crippen molar-refractivity contribution in [2.45, 2.75) is 27.4 Å². The van der Waals surface area contributed by atoms with Gasteiger partial charge < -0.3 is 19.7 Å². The monoisotopic (exact) mass is 411 g/mol. The fraction of sp³-hybridized carbons (Fsp3) is 0.250. The predicted molar refractivity (Wildman–Crippen MR) is 117 cm³/mol. The van der Waals surface area contributed by atoms with Crippen molar-refractivity contribution in [3.05, 3.63) is 83.7 Å². The maximum atomic E-state index is 10.5. The number of hydrogen-bond acceptors (Lipinski definition) is 6. The van der Waals surface area contributed by atoms with Crippen LogP contribution in [0.4, 0.5) is 0 Å². The first-order chi connectivity index (χ1) is 14.6. The number of nitrogens with zero attached hydrogens (tertiary/aromatic N) is 1. The highest BCUT2D eigenvalue weighted by atomic mass is 16.5. The van der Waals surface area contributed by atoms with Crippen LogP contribution in [0.15, 0.2) is 66.9 Å². The molecule has 2 N–H and O–H groups in total. The molecule has 0 saturated heterocycles. The molecule has 3 rings (SSSR count). The molecule has 0 amide bonds. The van der Waals surface area contributed by atoms with Crippen LogP contribution in [0.2, 0.25) is 0 Å². The maximum absolute atomic E-state index is 10.5. The largest absolute Gasteiger partial charge is 0.505 e. The van der Waals surface area contributed by atoms with Crippen LogP contribution in [0.3, 0.4) is 0 Å². The average Bonchev–Trinajstić information content (AvgIpc) is 2.78. The highest BCUT2D eigenvalue weighted by molar-refractivity contribution is 5.81. The van der Waals surface area contributed by atoms with Crippen molar-refractivity contribution in [1.29, 1.82) is 0 Å². The van der Waals surface area contributed by atoms with Crippen molar-refractivity contribution in [2.24, 2.45) is 0 Å². The van der Waals surface area contributed by atoms with Gasteiger partial charge in [0.2, 0.25) is 0 Å². The molecular formula is C24H29NO5. The van der Waals surface area contributed by atoms with E-state index in [-0.39, 0.29) is 17.9 Å². The van der Waals surface area contributed by atoms with Crippen molar-refractivity contribution < 1.29 is 24.5 Å². The Bertz CT molecular complexity index is 813. The molecule has 30 heavy (non-hydrogen) atoms. The number of aliphatic hydroxyl groups is 1. The third-order valence-corrected chi connectivity index (χ3v) is 3.75. The van der Waals surface area contributed by atoms with E-state index in [1.807, 2.05) is 74.5 Å². The summed E-state index contributed by atoms with van der Waals surface area (Å²) in [4.78, 5) is 14.2. The van der Waals surface area contributed by atoms with Gasteiger partial charge >= 0.3 is 0 Å². The van der Waals surface area contributed by atoms with Crippen LogP contribution < -0.4 is 9.47 Å². The number of para-hydroxylation sites is 2. The van der Waals surface area contributed by atoms with Crippen LogP contribution >= 0.6 is 0 Å². The van der Waals surface area contributed by atoms with Crippen LogP contribution in [0.25, 0.3) is 0 Å². The van der Waals surface area contributed by atoms with E-state index in [4.69, 9.17) is 14.6 Å². The van der Waals surface area contributed by atoms with Crippen molar-refractivity contribution in [1.82, 2.24) is 4.98 Å². The van der Waals surface area contributed by atoms with Gasteiger partial charge in [-0.1, -0.05) is 36.4 Å². The number of aldehydes is 1. The van der Waals surface area contributed by atoms with Gasteiger partial charge in [0.15, 0.2) is 6.29 Å². The van der Waals surface area contributed by atoms with Gasteiger partial charge in [0.25, 0.3) is 0 Å². The molecule has 0 atom stereocenters. The molecule has 1 heterocycles. The zero-order chi connectivity index (χ0) is 22.2. The molecule has 0 aliphatic heterocycles. The average molecular weight is 411 g/mol. The van der Waals surface area contributed by atoms with Gasteiger partial charge in [0.1, 0.15) is 17.2 Å². The minimum Gasteiger partial charge on any atom is -0.505 e. The summed E-state index contributed by atoms with van der Waals surface area (Å²) >= 11 is 0. The fourth-order valence-electron chi connectivity index (χ4n) is 2.28. The molecule has 0 radical (unpaired) electrons. The first kappa shape index (κ1) is 24.7. The van der Waals surface area contributed by atoms with E-state index in [9.17, 15) is 9.90 Å². The molecule has 0 aliphatic rings. The Kier molecular flexibility index (Phi) is 12.0. The molecule has 0 unspecified atom stereocenters. The molecule has 2 aromatic carbocycles.